The van der Waals surface area contributed by atoms with Gasteiger partial charge in [0.25, 0.3) is 0 Å². The third-order valence-electron chi connectivity index (χ3n) is 4.44. The van der Waals surface area contributed by atoms with Gasteiger partial charge >= 0.3 is 0 Å². The van der Waals surface area contributed by atoms with Gasteiger partial charge < -0.3 is 11.1 Å². The molecule has 0 aliphatic carbocycles. The number of aromatic nitrogens is 2. The first-order valence-electron chi connectivity index (χ1n) is 8.99. The zero-order valence-corrected chi connectivity index (χ0v) is 17.2. The van der Waals surface area contributed by atoms with Crippen molar-refractivity contribution in [1.82, 2.24) is 15.1 Å². The van der Waals surface area contributed by atoms with E-state index in [2.05, 4.69) is 10.4 Å². The average molecular weight is 417 g/mol. The minimum Gasteiger partial charge on any atom is -0.349 e. The smallest absolute Gasteiger partial charge is 0.237 e. The molecule has 5 nitrogen and oxygen atoms in total. The SMILES string of the molecule is CC(C)[C@H](N)C(=O)NCc1cc(-c2ccc(Cl)cc2)n(-c2ccc(Cl)cc2)n1. The van der Waals surface area contributed by atoms with E-state index in [1.807, 2.05) is 73.1 Å². The van der Waals surface area contributed by atoms with E-state index in [0.29, 0.717) is 16.6 Å². The van der Waals surface area contributed by atoms with Crippen LogP contribution in [0.15, 0.2) is 54.6 Å². The molecule has 1 amide bonds. The first-order valence-corrected chi connectivity index (χ1v) is 9.75. The van der Waals surface area contributed by atoms with Crippen LogP contribution >= 0.6 is 23.2 Å². The zero-order valence-electron chi connectivity index (χ0n) is 15.7. The van der Waals surface area contributed by atoms with Gasteiger partial charge in [0.05, 0.1) is 29.7 Å². The topological polar surface area (TPSA) is 72.9 Å². The number of carbonyl (C=O) groups is 1. The molecule has 0 saturated heterocycles. The number of nitrogens with zero attached hydrogens (tertiary/aromatic N) is 2. The van der Waals surface area contributed by atoms with Gasteiger partial charge in [-0.1, -0.05) is 49.2 Å². The summed E-state index contributed by atoms with van der Waals surface area (Å²) in [5.41, 5.74) is 9.35. The molecule has 3 N–H and O–H groups in total. The van der Waals surface area contributed by atoms with Crippen LogP contribution in [0.25, 0.3) is 16.9 Å². The summed E-state index contributed by atoms with van der Waals surface area (Å²) in [7, 11) is 0. The lowest BCUT2D eigenvalue weighted by atomic mass is 10.1. The van der Waals surface area contributed by atoms with Gasteiger partial charge in [0.2, 0.25) is 5.91 Å². The highest BCUT2D eigenvalue weighted by Gasteiger charge is 2.18. The van der Waals surface area contributed by atoms with Gasteiger partial charge in [0.1, 0.15) is 0 Å². The molecule has 0 fully saturated rings. The molecule has 0 radical (unpaired) electrons. The molecule has 28 heavy (non-hydrogen) atoms. The standard InChI is InChI=1S/C21H22Cl2N4O/c1-13(2)20(24)21(28)25-12-17-11-19(14-3-5-15(22)6-4-14)27(26-17)18-9-7-16(23)8-10-18/h3-11,13,20H,12,24H2,1-2H3,(H,25,28)/t20-/m0/s1. The van der Waals surface area contributed by atoms with Crippen LogP contribution in [0.2, 0.25) is 10.0 Å². The summed E-state index contributed by atoms with van der Waals surface area (Å²) in [4.78, 5) is 12.2. The Morgan fingerprint density at radius 1 is 1.07 bits per heavy atom. The number of hydrogen-bond acceptors (Lipinski definition) is 3. The number of rotatable bonds is 6. The fourth-order valence-electron chi connectivity index (χ4n) is 2.72. The Kier molecular flexibility index (Phi) is 6.39. The van der Waals surface area contributed by atoms with E-state index in [9.17, 15) is 4.79 Å². The summed E-state index contributed by atoms with van der Waals surface area (Å²) < 4.78 is 1.82. The van der Waals surface area contributed by atoms with Crippen molar-refractivity contribution in [2.24, 2.45) is 11.7 Å². The number of nitrogens with two attached hydrogens (primary N) is 1. The van der Waals surface area contributed by atoms with Crippen molar-refractivity contribution < 1.29 is 4.79 Å². The van der Waals surface area contributed by atoms with Crippen LogP contribution in [0.3, 0.4) is 0 Å². The van der Waals surface area contributed by atoms with Crippen molar-refractivity contribution in [3.63, 3.8) is 0 Å². The second-order valence-electron chi connectivity index (χ2n) is 6.90. The number of carbonyl (C=O) groups excluding carboxylic acids is 1. The Morgan fingerprint density at radius 3 is 2.21 bits per heavy atom. The highest BCUT2D eigenvalue weighted by atomic mass is 35.5. The van der Waals surface area contributed by atoms with Crippen LogP contribution in [0.4, 0.5) is 0 Å². The van der Waals surface area contributed by atoms with Crippen LogP contribution in [0.5, 0.6) is 0 Å². The van der Waals surface area contributed by atoms with E-state index < -0.39 is 6.04 Å². The molecular formula is C21H22Cl2N4O. The molecule has 2 aromatic carbocycles. The minimum absolute atomic E-state index is 0.0660. The lowest BCUT2D eigenvalue weighted by molar-refractivity contribution is -0.123. The van der Waals surface area contributed by atoms with Crippen molar-refractivity contribution in [1.29, 1.82) is 0 Å². The Hall–Kier alpha value is -2.34. The number of nitrogens with one attached hydrogen (secondary N) is 1. The van der Waals surface area contributed by atoms with Crippen LogP contribution in [-0.2, 0) is 11.3 Å². The van der Waals surface area contributed by atoms with E-state index in [1.165, 1.54) is 0 Å². The Balaban J connectivity index is 1.92. The van der Waals surface area contributed by atoms with Crippen molar-refractivity contribution in [2.75, 3.05) is 0 Å². The molecule has 1 atom stereocenters. The van der Waals surface area contributed by atoms with E-state index in [0.717, 1.165) is 22.6 Å². The molecule has 3 aromatic rings. The van der Waals surface area contributed by atoms with Crippen molar-refractivity contribution >= 4 is 29.1 Å². The largest absolute Gasteiger partial charge is 0.349 e. The molecular weight excluding hydrogens is 395 g/mol. The summed E-state index contributed by atoms with van der Waals surface area (Å²) in [5, 5.41) is 8.85. The fourth-order valence-corrected chi connectivity index (χ4v) is 2.97. The normalized spacial score (nSPS) is 12.2. The molecule has 0 bridgehead atoms. The number of hydrogen-bond donors (Lipinski definition) is 2. The molecule has 1 heterocycles. The summed E-state index contributed by atoms with van der Waals surface area (Å²) in [6.45, 7) is 4.12. The zero-order chi connectivity index (χ0) is 20.3. The number of benzene rings is 2. The summed E-state index contributed by atoms with van der Waals surface area (Å²) in [5.74, 6) is -0.125. The van der Waals surface area contributed by atoms with Gasteiger partial charge in [-0.2, -0.15) is 5.10 Å². The third kappa shape index (κ3) is 4.73. The third-order valence-corrected chi connectivity index (χ3v) is 4.94. The van der Waals surface area contributed by atoms with Crippen LogP contribution in [0.1, 0.15) is 19.5 Å². The highest BCUT2D eigenvalue weighted by molar-refractivity contribution is 6.30. The minimum atomic E-state index is -0.547. The molecule has 3 rings (SSSR count). The fraction of sp³-hybridized carbons (Fsp3) is 0.238. The quantitative estimate of drug-likeness (QED) is 0.623. The number of amides is 1. The monoisotopic (exact) mass is 416 g/mol. The second-order valence-corrected chi connectivity index (χ2v) is 7.78. The molecule has 0 spiro atoms. The van der Waals surface area contributed by atoms with Gasteiger partial charge in [-0.05, 0) is 48.4 Å². The summed E-state index contributed by atoms with van der Waals surface area (Å²) in [6, 6.07) is 16.3. The van der Waals surface area contributed by atoms with Crippen LogP contribution in [0, 0.1) is 5.92 Å². The van der Waals surface area contributed by atoms with Gasteiger partial charge in [0, 0.05) is 15.6 Å². The van der Waals surface area contributed by atoms with Crippen molar-refractivity contribution in [3.8, 4) is 16.9 Å². The molecule has 0 aliphatic rings. The van der Waals surface area contributed by atoms with Gasteiger partial charge in [-0.15, -0.1) is 0 Å². The van der Waals surface area contributed by atoms with Gasteiger partial charge in [0.15, 0.2) is 0 Å². The van der Waals surface area contributed by atoms with E-state index in [4.69, 9.17) is 28.9 Å². The summed E-state index contributed by atoms with van der Waals surface area (Å²) in [6.07, 6.45) is 0. The molecule has 7 heteroatoms. The molecule has 1 aromatic heterocycles. The lowest BCUT2D eigenvalue weighted by Crippen LogP contribution is -2.43. The Bertz CT molecular complexity index is 887. The van der Waals surface area contributed by atoms with Crippen LogP contribution in [-0.4, -0.2) is 21.7 Å². The van der Waals surface area contributed by atoms with E-state index in [-0.39, 0.29) is 11.8 Å². The van der Waals surface area contributed by atoms with Gasteiger partial charge in [-0.25, -0.2) is 4.68 Å². The second kappa shape index (κ2) is 8.78. The van der Waals surface area contributed by atoms with Gasteiger partial charge in [-0.3, -0.25) is 4.79 Å². The van der Waals surface area contributed by atoms with Crippen LogP contribution < -0.4 is 11.1 Å². The first kappa shape index (κ1) is 20.4. The summed E-state index contributed by atoms with van der Waals surface area (Å²) >= 11 is 12.0. The predicted octanol–water partition coefficient (Wildman–Crippen LogP) is 4.45. The molecule has 0 saturated carbocycles. The molecule has 146 valence electrons. The molecule has 0 unspecified atom stereocenters. The van der Waals surface area contributed by atoms with E-state index >= 15 is 0 Å². The molecule has 0 aliphatic heterocycles. The maximum absolute atomic E-state index is 12.2. The Morgan fingerprint density at radius 2 is 1.64 bits per heavy atom. The van der Waals surface area contributed by atoms with Crippen molar-refractivity contribution in [3.05, 3.63) is 70.3 Å². The average Bonchev–Trinajstić information content (AvgIpc) is 3.10. The predicted molar refractivity (Wildman–Crippen MR) is 114 cm³/mol. The highest BCUT2D eigenvalue weighted by Crippen LogP contribution is 2.26. The van der Waals surface area contributed by atoms with E-state index in [1.54, 1.807) is 0 Å². The first-order chi connectivity index (χ1) is 13.3. The Labute approximate surface area is 174 Å². The number of halogens is 2. The lowest BCUT2D eigenvalue weighted by Gasteiger charge is -2.14. The maximum Gasteiger partial charge on any atom is 0.237 e. The van der Waals surface area contributed by atoms with Crippen molar-refractivity contribution in [2.45, 2.75) is 26.4 Å². The maximum atomic E-state index is 12.2.